The highest BCUT2D eigenvalue weighted by molar-refractivity contribution is 8.13. The van der Waals surface area contributed by atoms with Crippen LogP contribution in [0.3, 0.4) is 0 Å². The summed E-state index contributed by atoms with van der Waals surface area (Å²) in [6, 6.07) is 2.13. The Morgan fingerprint density at radius 2 is 1.90 bits per heavy atom. The third-order valence-corrected chi connectivity index (χ3v) is 4.13. The van der Waals surface area contributed by atoms with E-state index in [1.54, 1.807) is 0 Å². The molecule has 1 aromatic rings. The maximum atomic E-state index is 13.7. The number of aryl methyl sites for hydroxylation is 1. The molecule has 0 atom stereocenters. The topological polar surface area (TPSA) is 60.4 Å². The van der Waals surface area contributed by atoms with Crippen molar-refractivity contribution in [3.05, 3.63) is 29.1 Å². The smallest absolute Gasteiger partial charge is 0.338 e. The van der Waals surface area contributed by atoms with Crippen molar-refractivity contribution in [3.8, 4) is 0 Å². The van der Waals surface area contributed by atoms with Gasteiger partial charge in [0, 0.05) is 10.7 Å². The van der Waals surface area contributed by atoms with Gasteiger partial charge in [-0.15, -0.1) is 0 Å². The van der Waals surface area contributed by atoms with Crippen LogP contribution < -0.4 is 0 Å². The molecule has 0 bridgehead atoms. The summed E-state index contributed by atoms with van der Waals surface area (Å²) >= 11 is 0. The average molecular weight is 337 g/mol. The second-order valence-corrected chi connectivity index (χ2v) is 8.52. The van der Waals surface area contributed by atoms with Crippen LogP contribution in [0.1, 0.15) is 43.1 Å². The van der Waals surface area contributed by atoms with Crippen LogP contribution in [-0.2, 0) is 13.8 Å². The minimum atomic E-state index is -4.27. The van der Waals surface area contributed by atoms with Crippen molar-refractivity contribution in [3.63, 3.8) is 0 Å². The zero-order valence-corrected chi connectivity index (χ0v) is 13.9. The fourth-order valence-corrected chi connectivity index (χ4v) is 2.55. The largest absolute Gasteiger partial charge is 0.462 e. The summed E-state index contributed by atoms with van der Waals surface area (Å²) in [4.78, 5) is 11.2. The van der Waals surface area contributed by atoms with Gasteiger partial charge in [-0.25, -0.2) is 17.6 Å². The molecule has 4 nitrogen and oxygen atoms in total. The average Bonchev–Trinajstić information content (AvgIpc) is 2.29. The van der Waals surface area contributed by atoms with E-state index < -0.39 is 25.7 Å². The van der Waals surface area contributed by atoms with Crippen LogP contribution in [0.4, 0.5) is 4.39 Å². The van der Waals surface area contributed by atoms with Gasteiger partial charge in [0.15, 0.2) is 0 Å². The summed E-state index contributed by atoms with van der Waals surface area (Å²) in [5, 5.41) is 0. The monoisotopic (exact) mass is 336 g/mol. The van der Waals surface area contributed by atoms with Gasteiger partial charge in [-0.05, 0) is 36.5 Å². The van der Waals surface area contributed by atoms with Crippen molar-refractivity contribution in [2.75, 3.05) is 6.61 Å². The lowest BCUT2D eigenvalue weighted by atomic mass is 9.93. The molecule has 0 spiro atoms. The molecule has 0 unspecified atom stereocenters. The van der Waals surface area contributed by atoms with Gasteiger partial charge in [-0.1, -0.05) is 20.8 Å². The summed E-state index contributed by atoms with van der Waals surface area (Å²) in [6.07, 6.45) is 0.652. The molecule has 0 radical (unpaired) electrons. The molecule has 0 aliphatic carbocycles. The summed E-state index contributed by atoms with van der Waals surface area (Å²) in [5.74, 6) is -1.67. The van der Waals surface area contributed by atoms with Gasteiger partial charge in [0.2, 0.25) is 0 Å². The van der Waals surface area contributed by atoms with Crippen LogP contribution in [0.5, 0.6) is 0 Å². The zero-order chi connectivity index (χ0) is 16.4. The van der Waals surface area contributed by atoms with Crippen molar-refractivity contribution >= 4 is 25.7 Å². The summed E-state index contributed by atoms with van der Waals surface area (Å²) in [7, 11) is 0.890. The highest BCUT2D eigenvalue weighted by atomic mass is 35.7. The van der Waals surface area contributed by atoms with Gasteiger partial charge in [-0.2, -0.15) is 0 Å². The highest BCUT2D eigenvalue weighted by Gasteiger charge is 2.22. The molecule has 0 aliphatic heterocycles. The Hall–Kier alpha value is -1.14. The van der Waals surface area contributed by atoms with Crippen molar-refractivity contribution in [1.82, 2.24) is 0 Å². The number of ether oxygens (including phenoxy) is 1. The fraction of sp³-hybridized carbons (Fsp3) is 0.500. The minimum Gasteiger partial charge on any atom is -0.462 e. The van der Waals surface area contributed by atoms with Gasteiger partial charge in [0.25, 0.3) is 9.05 Å². The zero-order valence-electron chi connectivity index (χ0n) is 12.4. The number of hydrogen-bond donors (Lipinski definition) is 0. The second-order valence-electron chi connectivity index (χ2n) is 5.99. The van der Waals surface area contributed by atoms with Crippen LogP contribution in [0.2, 0.25) is 0 Å². The van der Waals surface area contributed by atoms with E-state index in [0.29, 0.717) is 6.42 Å². The van der Waals surface area contributed by atoms with E-state index in [0.717, 1.165) is 6.07 Å². The number of rotatable bonds is 4. The number of hydrogen-bond acceptors (Lipinski definition) is 4. The lowest BCUT2D eigenvalue weighted by Crippen LogP contribution is -2.14. The molecule has 118 valence electrons. The maximum absolute atomic E-state index is 13.7. The van der Waals surface area contributed by atoms with Crippen LogP contribution in [0.15, 0.2) is 17.0 Å². The first-order valence-electron chi connectivity index (χ1n) is 6.34. The summed E-state index contributed by atoms with van der Waals surface area (Å²) in [5.41, 5.74) is -0.0228. The van der Waals surface area contributed by atoms with Gasteiger partial charge >= 0.3 is 5.97 Å². The van der Waals surface area contributed by atoms with Gasteiger partial charge < -0.3 is 4.74 Å². The van der Waals surface area contributed by atoms with Crippen LogP contribution in [-0.4, -0.2) is 21.0 Å². The molecule has 0 amide bonds. The predicted molar refractivity (Wildman–Crippen MR) is 78.5 cm³/mol. The van der Waals surface area contributed by atoms with Crippen molar-refractivity contribution in [2.24, 2.45) is 5.41 Å². The third kappa shape index (κ3) is 5.28. The fourth-order valence-electron chi connectivity index (χ4n) is 1.57. The van der Waals surface area contributed by atoms with Gasteiger partial charge in [-0.3, -0.25) is 0 Å². The maximum Gasteiger partial charge on any atom is 0.338 e. The van der Waals surface area contributed by atoms with E-state index in [4.69, 9.17) is 15.4 Å². The van der Waals surface area contributed by atoms with Gasteiger partial charge in [0.1, 0.15) is 10.7 Å². The Bertz CT molecular complexity index is 648. The van der Waals surface area contributed by atoms with E-state index in [2.05, 4.69) is 0 Å². The number of esters is 1. The molecule has 21 heavy (non-hydrogen) atoms. The number of carbonyl (C=O) groups is 1. The van der Waals surface area contributed by atoms with Crippen LogP contribution in [0, 0.1) is 18.2 Å². The molecular formula is C14H18ClFO4S. The predicted octanol–water partition coefficient (Wildman–Crippen LogP) is 3.65. The Balaban J connectivity index is 2.99. The van der Waals surface area contributed by atoms with E-state index in [1.165, 1.54) is 13.0 Å². The molecule has 7 heteroatoms. The van der Waals surface area contributed by atoms with E-state index in [-0.39, 0.29) is 23.1 Å². The molecule has 0 N–H and O–H groups in total. The lowest BCUT2D eigenvalue weighted by molar-refractivity contribution is 0.0464. The first-order chi connectivity index (χ1) is 9.42. The minimum absolute atomic E-state index is 0.00360. The Kier molecular flexibility index (Phi) is 5.39. The molecule has 0 saturated carbocycles. The van der Waals surface area contributed by atoms with Crippen molar-refractivity contribution < 1.29 is 22.3 Å². The van der Waals surface area contributed by atoms with Gasteiger partial charge in [0.05, 0.1) is 12.2 Å². The highest BCUT2D eigenvalue weighted by Crippen LogP contribution is 2.24. The molecule has 1 aromatic carbocycles. The van der Waals surface area contributed by atoms with E-state index >= 15 is 0 Å². The quantitative estimate of drug-likeness (QED) is 0.622. The standard InChI is InChI=1S/C14H18ClFO4S/c1-9-7-10(8-11(12(9)16)21(15,18)19)13(17)20-6-5-14(2,3)4/h7-8H,5-6H2,1-4H3. The molecule has 1 rings (SSSR count). The third-order valence-electron chi connectivity index (χ3n) is 2.80. The molecule has 0 fully saturated rings. The SMILES string of the molecule is Cc1cc(C(=O)OCCC(C)(C)C)cc(S(=O)(=O)Cl)c1F. The van der Waals surface area contributed by atoms with E-state index in [9.17, 15) is 17.6 Å². The molecule has 0 aliphatic rings. The first kappa shape index (κ1) is 17.9. The lowest BCUT2D eigenvalue weighted by Gasteiger charge is -2.17. The summed E-state index contributed by atoms with van der Waals surface area (Å²) in [6.45, 7) is 7.55. The van der Waals surface area contributed by atoms with Crippen molar-refractivity contribution in [2.45, 2.75) is 39.0 Å². The number of benzene rings is 1. The number of halogens is 2. The molecular weight excluding hydrogens is 319 g/mol. The van der Waals surface area contributed by atoms with Crippen LogP contribution >= 0.6 is 10.7 Å². The first-order valence-corrected chi connectivity index (χ1v) is 8.65. The second kappa shape index (κ2) is 6.32. The summed E-state index contributed by atoms with van der Waals surface area (Å²) < 4.78 is 41.4. The van der Waals surface area contributed by atoms with Crippen molar-refractivity contribution in [1.29, 1.82) is 0 Å². The molecule has 0 saturated heterocycles. The van der Waals surface area contributed by atoms with E-state index in [1.807, 2.05) is 20.8 Å². The van der Waals surface area contributed by atoms with Crippen LogP contribution in [0.25, 0.3) is 0 Å². The Morgan fingerprint density at radius 3 is 2.38 bits per heavy atom. The number of carbonyl (C=O) groups excluding carboxylic acids is 1. The molecule has 0 heterocycles. The molecule has 0 aromatic heterocycles. The Labute approximate surface area is 128 Å². The normalized spacial score (nSPS) is 12.3. The Morgan fingerprint density at radius 1 is 1.33 bits per heavy atom.